The summed E-state index contributed by atoms with van der Waals surface area (Å²) in [5.74, 6) is -20.1. The maximum absolute atomic E-state index is 15.7. The molecule has 9 aliphatic rings. The van der Waals surface area contributed by atoms with Crippen LogP contribution in [0.2, 0.25) is 0 Å². The average Bonchev–Trinajstić information content (AvgIpc) is 1.29. The van der Waals surface area contributed by atoms with Crippen molar-refractivity contribution in [2.75, 3.05) is 74.6 Å². The number of nitrogens with one attached hydrogen (secondary N) is 3. The first-order valence-electron chi connectivity index (χ1n) is 38.5. The van der Waals surface area contributed by atoms with Gasteiger partial charge in [0.25, 0.3) is 5.92 Å². The molecule has 2 unspecified atom stereocenters. The summed E-state index contributed by atoms with van der Waals surface area (Å²) in [7, 11) is 6.60. The number of ether oxygens (including phenoxy) is 1. The molecule has 11 amide bonds. The van der Waals surface area contributed by atoms with Crippen LogP contribution in [0, 0.1) is 41.4 Å². The van der Waals surface area contributed by atoms with Crippen LogP contribution in [0.25, 0.3) is 0 Å². The number of halogens is 10. The second-order valence-corrected chi connectivity index (χ2v) is 32.2. The number of hydrogen-bond acceptors (Lipinski definition) is 12. The molecule has 4 heterocycles. The quantitative estimate of drug-likeness (QED) is 0.127. The number of carbonyl (C=O) groups excluding carboxylic acids is 11. The SMILES string of the molecule is CCO[C@@H]1C[C@H]2C(=O)NC3(CC(F)(F)C3)C(=O)N(C)[C@@H](C3CCCC3)C(=O)N3CCC[C@@H]3CC(=O)N(C)[C@@H](CC3CC3)C(=O)N[C@@H]([C@@H](C)CC)C(=O)N(C)CC(=O)N(C)[C@H]3C/C=C\CCN(C3=O)[C@@H](CC3CCC(C(F)(F)F)CC3)C(=O)N(C)CC(=O)N[C@@H](CCC3CC(F)C(C(F)(F)F)C(F)C3)C(=O)N2C1. The Bertz CT molecular complexity index is 3240. The van der Waals surface area contributed by atoms with Gasteiger partial charge in [0, 0.05) is 93.2 Å². The number of alkyl halides is 10. The zero-order valence-corrected chi connectivity index (χ0v) is 62.7. The molecule has 602 valence electrons. The van der Waals surface area contributed by atoms with E-state index in [1.165, 1.54) is 49.9 Å². The van der Waals surface area contributed by atoms with E-state index in [9.17, 15) is 50.3 Å². The third kappa shape index (κ3) is 20.0. The van der Waals surface area contributed by atoms with Gasteiger partial charge in [-0.25, -0.2) is 17.6 Å². The fraction of sp³-hybridized carbons (Fsp3) is 0.824. The maximum atomic E-state index is 15.7. The highest BCUT2D eigenvalue weighted by molar-refractivity contribution is 6.00. The van der Waals surface area contributed by atoms with Crippen molar-refractivity contribution in [2.45, 2.75) is 272 Å². The van der Waals surface area contributed by atoms with Crippen molar-refractivity contribution in [1.82, 2.24) is 55.1 Å². The number of amides is 11. The predicted octanol–water partition coefficient (Wildman–Crippen LogP) is 7.43. The molecule has 12 atom stereocenters. The third-order valence-electron chi connectivity index (χ3n) is 24.5. The lowest BCUT2D eigenvalue weighted by molar-refractivity contribution is -0.219. The molecular formula is C74H109F10N11O12. The molecule has 2 bridgehead atoms. The first kappa shape index (κ1) is 84.2. The van der Waals surface area contributed by atoms with Gasteiger partial charge in [-0.05, 0) is 139 Å². The Morgan fingerprint density at radius 3 is 1.79 bits per heavy atom. The van der Waals surface area contributed by atoms with Crippen LogP contribution >= 0.6 is 0 Å². The van der Waals surface area contributed by atoms with E-state index in [0.29, 0.717) is 44.9 Å². The molecule has 8 fully saturated rings. The number of likely N-dealkylation sites (N-methyl/N-ethyl adjacent to an activating group) is 5. The number of carbonyl (C=O) groups is 11. The van der Waals surface area contributed by atoms with Crippen LogP contribution in [0.4, 0.5) is 43.9 Å². The number of hydrogen-bond donors (Lipinski definition) is 3. The Morgan fingerprint density at radius 1 is 0.589 bits per heavy atom. The third-order valence-corrected chi connectivity index (χ3v) is 24.5. The molecule has 33 heteroatoms. The van der Waals surface area contributed by atoms with Gasteiger partial charge in [-0.15, -0.1) is 0 Å². The van der Waals surface area contributed by atoms with Crippen molar-refractivity contribution in [3.63, 3.8) is 0 Å². The molecule has 5 saturated carbocycles. The van der Waals surface area contributed by atoms with Crippen LogP contribution in [-0.2, 0) is 57.5 Å². The Hall–Kier alpha value is -6.83. The lowest BCUT2D eigenvalue weighted by Gasteiger charge is -2.49. The normalized spacial score (nSPS) is 33.9. The topological polar surface area (TPSA) is 259 Å². The highest BCUT2D eigenvalue weighted by Gasteiger charge is 2.65. The van der Waals surface area contributed by atoms with E-state index in [1.807, 2.05) is 0 Å². The average molecular weight is 1530 g/mol. The molecule has 5 aliphatic carbocycles. The molecule has 0 aromatic heterocycles. The summed E-state index contributed by atoms with van der Waals surface area (Å²) in [6, 6.07) is -10.8. The summed E-state index contributed by atoms with van der Waals surface area (Å²) >= 11 is 0. The molecule has 0 aromatic rings. The molecule has 4 aliphatic heterocycles. The Balaban J connectivity index is 1.09. The lowest BCUT2D eigenvalue weighted by Crippen LogP contribution is -2.72. The summed E-state index contributed by atoms with van der Waals surface area (Å²) in [4.78, 5) is 175. The van der Waals surface area contributed by atoms with Gasteiger partial charge in [0.15, 0.2) is 0 Å². The summed E-state index contributed by atoms with van der Waals surface area (Å²) in [5, 5.41) is 8.02. The zero-order valence-electron chi connectivity index (χ0n) is 62.7. The largest absolute Gasteiger partial charge is 0.397 e. The summed E-state index contributed by atoms with van der Waals surface area (Å²) in [5.41, 5.74) is -2.40. The van der Waals surface area contributed by atoms with Crippen molar-refractivity contribution in [3.8, 4) is 0 Å². The Morgan fingerprint density at radius 2 is 1.21 bits per heavy atom. The van der Waals surface area contributed by atoms with Crippen molar-refractivity contribution in [2.24, 2.45) is 41.4 Å². The van der Waals surface area contributed by atoms with Crippen LogP contribution in [0.5, 0.6) is 0 Å². The fourth-order valence-electron chi connectivity index (χ4n) is 17.9. The van der Waals surface area contributed by atoms with Crippen molar-refractivity contribution in [1.29, 1.82) is 0 Å². The van der Waals surface area contributed by atoms with E-state index in [0.717, 1.165) is 37.3 Å². The van der Waals surface area contributed by atoms with Gasteiger partial charge in [0.2, 0.25) is 65.0 Å². The minimum atomic E-state index is -5.24. The van der Waals surface area contributed by atoms with Crippen molar-refractivity contribution >= 4 is 65.0 Å². The number of rotatable bonds is 12. The number of fused-ring (bicyclic) bond motifs is 4. The molecule has 0 radical (unpaired) electrons. The van der Waals surface area contributed by atoms with Crippen LogP contribution in [0.3, 0.4) is 0 Å². The van der Waals surface area contributed by atoms with Gasteiger partial charge >= 0.3 is 12.4 Å². The summed E-state index contributed by atoms with van der Waals surface area (Å²) in [6.07, 6.45) is -14.2. The smallest absolute Gasteiger partial charge is 0.377 e. The zero-order chi connectivity index (χ0) is 78.5. The first-order chi connectivity index (χ1) is 50.3. The van der Waals surface area contributed by atoms with Crippen molar-refractivity contribution in [3.05, 3.63) is 12.2 Å². The highest BCUT2D eigenvalue weighted by atomic mass is 19.4. The highest BCUT2D eigenvalue weighted by Crippen LogP contribution is 2.49. The van der Waals surface area contributed by atoms with E-state index in [1.54, 1.807) is 32.9 Å². The van der Waals surface area contributed by atoms with Gasteiger partial charge in [-0.1, -0.05) is 58.1 Å². The van der Waals surface area contributed by atoms with E-state index in [4.69, 9.17) is 4.74 Å². The number of nitrogens with zero attached hydrogens (tertiary/aromatic N) is 8. The molecule has 107 heavy (non-hydrogen) atoms. The second kappa shape index (κ2) is 35.0. The minimum absolute atomic E-state index is 0.0114. The van der Waals surface area contributed by atoms with Crippen LogP contribution < -0.4 is 16.0 Å². The molecule has 23 nitrogen and oxygen atoms in total. The molecule has 9 rings (SSSR count). The van der Waals surface area contributed by atoms with Gasteiger partial charge in [0.1, 0.15) is 66.1 Å². The van der Waals surface area contributed by atoms with E-state index in [2.05, 4.69) is 16.0 Å². The Kier molecular flexibility index (Phi) is 27.6. The second-order valence-electron chi connectivity index (χ2n) is 32.2. The monoisotopic (exact) mass is 1530 g/mol. The van der Waals surface area contributed by atoms with Gasteiger partial charge in [-0.3, -0.25) is 52.7 Å². The van der Waals surface area contributed by atoms with Gasteiger partial charge in [-0.2, -0.15) is 26.3 Å². The van der Waals surface area contributed by atoms with Gasteiger partial charge in [0.05, 0.1) is 25.1 Å². The maximum Gasteiger partial charge on any atom is 0.397 e. The predicted molar refractivity (Wildman–Crippen MR) is 369 cm³/mol. The van der Waals surface area contributed by atoms with Crippen molar-refractivity contribution < 1.29 is 101 Å². The van der Waals surface area contributed by atoms with Crippen LogP contribution in [0.15, 0.2) is 12.2 Å². The van der Waals surface area contributed by atoms with Gasteiger partial charge < -0.3 is 59.9 Å². The molecular weight excluding hydrogens is 1420 g/mol. The fourth-order valence-corrected chi connectivity index (χ4v) is 17.9. The van der Waals surface area contributed by atoms with E-state index in [-0.39, 0.29) is 89.8 Å². The first-order valence-corrected chi connectivity index (χ1v) is 38.5. The molecule has 1 spiro atoms. The Labute approximate surface area is 619 Å². The van der Waals surface area contributed by atoms with Crippen LogP contribution in [0.1, 0.15) is 181 Å². The summed E-state index contributed by atoms with van der Waals surface area (Å²) < 4.78 is 152. The summed E-state index contributed by atoms with van der Waals surface area (Å²) in [6.45, 7) is 3.14. The molecule has 3 saturated heterocycles. The standard InChI is InChI=1S/C74H109F10N11O12/c1-9-42(3)61-68(104)89(5)39-59(98)90(6)53-20-12-11-15-29-94(67(53)103)56(34-44-23-26-47(27-24-44)73(79,80)81)66(102)88(4)38-57(96)85-52(28-25-45-31-50(75)60(51(76)32-45)74(82,83)84)65(101)95-37-49(107-10-2)36-55(95)64(100)87-71(40-72(77,78)41-71)70(106)92(8)62(46-17-13-14-18-46)69(105)93-30-16-19-48(93)35-58(97)91(7)54(63(99)86-61)33-43-21-22-43/h11-12,42-56,60-62H,9-10,13-41H2,1-8H3,(H,85,96)(H,86,99)(H,87,100)/b12-11-/t42-,44?,45?,47?,48+,49+,50?,51?,52-,53-,54-,55-,56-,60?,61-,62-/m0/s1. The molecule has 3 N–H and O–H groups in total. The van der Waals surface area contributed by atoms with E-state index >= 15 is 46.3 Å². The lowest BCUT2D eigenvalue weighted by atomic mass is 9.71. The van der Waals surface area contributed by atoms with E-state index < -0.39 is 249 Å². The molecule has 0 aromatic carbocycles. The minimum Gasteiger partial charge on any atom is -0.377 e. The van der Waals surface area contributed by atoms with Crippen LogP contribution in [-0.4, -0.2) is 269 Å².